The van der Waals surface area contributed by atoms with Crippen LogP contribution in [0.5, 0.6) is 5.75 Å². The summed E-state index contributed by atoms with van der Waals surface area (Å²) < 4.78 is 54.0. The first-order chi connectivity index (χ1) is 8.77. The molecule has 0 saturated heterocycles. The highest BCUT2D eigenvalue weighted by Crippen LogP contribution is 2.23. The number of carbonyl (C=O) groups is 1. The number of nitrogens with two attached hydrogens (primary N) is 1. The van der Waals surface area contributed by atoms with E-state index < -0.39 is 24.8 Å². The number of nitrogens with one attached hydrogen (secondary N) is 1. The maximum absolute atomic E-state index is 12.7. The van der Waals surface area contributed by atoms with Gasteiger partial charge in [0.05, 0.1) is 19.2 Å². The molecule has 0 unspecified atom stereocenters. The van der Waals surface area contributed by atoms with Crippen molar-refractivity contribution < 1.29 is 27.1 Å². The van der Waals surface area contributed by atoms with Crippen LogP contribution in [0.2, 0.25) is 0 Å². The minimum atomic E-state index is -4.29. The van der Waals surface area contributed by atoms with Gasteiger partial charge in [0.2, 0.25) is 0 Å². The zero-order valence-corrected chi connectivity index (χ0v) is 9.92. The van der Waals surface area contributed by atoms with Crippen molar-refractivity contribution in [1.29, 1.82) is 0 Å². The van der Waals surface area contributed by atoms with Crippen LogP contribution >= 0.6 is 0 Å². The van der Waals surface area contributed by atoms with E-state index in [-0.39, 0.29) is 17.0 Å². The van der Waals surface area contributed by atoms with Crippen LogP contribution < -0.4 is 15.8 Å². The maximum atomic E-state index is 12.7. The molecule has 1 aromatic rings. The molecule has 0 aromatic heterocycles. The zero-order chi connectivity index (χ0) is 14.6. The first-order valence-corrected chi connectivity index (χ1v) is 5.15. The van der Waals surface area contributed by atoms with Crippen molar-refractivity contribution in [2.75, 3.05) is 19.4 Å². The Balaban J connectivity index is 2.82. The second-order valence-electron chi connectivity index (χ2n) is 3.70. The van der Waals surface area contributed by atoms with E-state index in [9.17, 15) is 22.4 Å². The zero-order valence-electron chi connectivity index (χ0n) is 9.92. The van der Waals surface area contributed by atoms with Crippen molar-refractivity contribution in [3.8, 4) is 5.75 Å². The summed E-state index contributed by atoms with van der Waals surface area (Å²) in [6.07, 6.45) is -3.85. The molecule has 0 fully saturated rings. The molecule has 0 saturated carbocycles. The van der Waals surface area contributed by atoms with Crippen molar-refractivity contribution in [3.05, 3.63) is 23.8 Å². The highest BCUT2D eigenvalue weighted by molar-refractivity contribution is 5.97. The molecule has 0 atom stereocenters. The van der Waals surface area contributed by atoms with Crippen LogP contribution in [0.4, 0.5) is 23.2 Å². The van der Waals surface area contributed by atoms with E-state index in [2.05, 4.69) is 0 Å². The molecule has 0 aliphatic carbocycles. The summed E-state index contributed by atoms with van der Waals surface area (Å²) in [6, 6.07) is 4.02. The Labute approximate surface area is 106 Å². The minimum Gasteiger partial charge on any atom is -0.496 e. The van der Waals surface area contributed by atoms with Crippen LogP contribution in [-0.4, -0.2) is 31.9 Å². The number of nitrogen functional groups attached to an aromatic ring is 1. The summed E-state index contributed by atoms with van der Waals surface area (Å²) in [5, 5.41) is 1.72. The SMILES string of the molecule is COc1ccc(N)cc1C(=O)NCC(F)(F)C(F)F. The molecule has 0 aliphatic rings. The van der Waals surface area contributed by atoms with Crippen LogP contribution in [0.25, 0.3) is 0 Å². The third-order valence-corrected chi connectivity index (χ3v) is 2.27. The molecule has 0 radical (unpaired) electrons. The molecule has 0 aliphatic heterocycles. The van der Waals surface area contributed by atoms with Gasteiger partial charge in [0.1, 0.15) is 5.75 Å². The average Bonchev–Trinajstić information content (AvgIpc) is 2.35. The molecule has 1 aromatic carbocycles. The Bertz CT molecular complexity index is 466. The molecule has 8 heteroatoms. The van der Waals surface area contributed by atoms with Crippen molar-refractivity contribution in [2.45, 2.75) is 12.3 Å². The Morgan fingerprint density at radius 1 is 1.47 bits per heavy atom. The lowest BCUT2D eigenvalue weighted by Crippen LogP contribution is -2.41. The number of methoxy groups -OCH3 is 1. The van der Waals surface area contributed by atoms with Crippen LogP contribution in [0.1, 0.15) is 10.4 Å². The molecule has 0 spiro atoms. The number of hydrogen-bond donors (Lipinski definition) is 2. The summed E-state index contributed by atoms with van der Waals surface area (Å²) in [5.74, 6) is -5.15. The molecule has 19 heavy (non-hydrogen) atoms. The molecule has 3 N–H and O–H groups in total. The standard InChI is InChI=1S/C11H12F4N2O2/c1-19-8-3-2-6(16)4-7(8)9(18)17-5-11(14,15)10(12)13/h2-4,10H,5,16H2,1H3,(H,17,18). The predicted octanol–water partition coefficient (Wildman–Crippen LogP) is 1.91. The van der Waals surface area contributed by atoms with E-state index in [1.165, 1.54) is 25.3 Å². The van der Waals surface area contributed by atoms with Gasteiger partial charge in [0, 0.05) is 5.69 Å². The fourth-order valence-electron chi connectivity index (χ4n) is 1.27. The van der Waals surface area contributed by atoms with Crippen molar-refractivity contribution in [3.63, 3.8) is 0 Å². The number of rotatable bonds is 5. The van der Waals surface area contributed by atoms with E-state index in [0.29, 0.717) is 0 Å². The first-order valence-electron chi connectivity index (χ1n) is 5.15. The lowest BCUT2D eigenvalue weighted by Gasteiger charge is -2.16. The highest BCUT2D eigenvalue weighted by atomic mass is 19.3. The predicted molar refractivity (Wildman–Crippen MR) is 60.7 cm³/mol. The number of ether oxygens (including phenoxy) is 1. The van der Waals surface area contributed by atoms with Gasteiger partial charge in [0.15, 0.2) is 0 Å². The van der Waals surface area contributed by atoms with Crippen LogP contribution in [0, 0.1) is 0 Å². The second kappa shape index (κ2) is 5.77. The number of amides is 1. The lowest BCUT2D eigenvalue weighted by molar-refractivity contribution is -0.123. The summed E-state index contributed by atoms with van der Waals surface area (Å²) in [6.45, 7) is -1.47. The minimum absolute atomic E-state index is 0.104. The summed E-state index contributed by atoms with van der Waals surface area (Å²) in [7, 11) is 1.27. The molecule has 1 rings (SSSR count). The third-order valence-electron chi connectivity index (χ3n) is 2.27. The number of alkyl halides is 4. The first kappa shape index (κ1) is 15.1. The number of halogens is 4. The highest BCUT2D eigenvalue weighted by Gasteiger charge is 2.41. The van der Waals surface area contributed by atoms with E-state index in [4.69, 9.17) is 10.5 Å². The molecule has 4 nitrogen and oxygen atoms in total. The Morgan fingerprint density at radius 2 is 2.11 bits per heavy atom. The van der Waals surface area contributed by atoms with Gasteiger partial charge in [0.25, 0.3) is 5.91 Å². The Kier molecular flexibility index (Phi) is 4.57. The summed E-state index contributed by atoms with van der Waals surface area (Å²) in [5.41, 5.74) is 5.56. The van der Waals surface area contributed by atoms with Gasteiger partial charge in [-0.25, -0.2) is 8.78 Å². The van der Waals surface area contributed by atoms with Gasteiger partial charge in [-0.05, 0) is 18.2 Å². The van der Waals surface area contributed by atoms with Crippen LogP contribution in [-0.2, 0) is 0 Å². The largest absolute Gasteiger partial charge is 0.496 e. The molecule has 106 valence electrons. The fraction of sp³-hybridized carbons (Fsp3) is 0.364. The molecule has 1 amide bonds. The number of hydrogen-bond acceptors (Lipinski definition) is 3. The number of anilines is 1. The van der Waals surface area contributed by atoms with Crippen LogP contribution in [0.3, 0.4) is 0 Å². The van der Waals surface area contributed by atoms with Gasteiger partial charge in [-0.3, -0.25) is 4.79 Å². The summed E-state index contributed by atoms with van der Waals surface area (Å²) in [4.78, 5) is 11.6. The van der Waals surface area contributed by atoms with E-state index in [0.717, 1.165) is 0 Å². The Hall–Kier alpha value is -1.99. The monoisotopic (exact) mass is 280 g/mol. The van der Waals surface area contributed by atoms with Gasteiger partial charge < -0.3 is 15.8 Å². The Morgan fingerprint density at radius 3 is 2.63 bits per heavy atom. The van der Waals surface area contributed by atoms with Crippen molar-refractivity contribution >= 4 is 11.6 Å². The van der Waals surface area contributed by atoms with Gasteiger partial charge in [-0.2, -0.15) is 8.78 Å². The topological polar surface area (TPSA) is 64.3 Å². The molecular formula is C11H12F4N2O2. The van der Waals surface area contributed by atoms with Gasteiger partial charge >= 0.3 is 12.3 Å². The maximum Gasteiger partial charge on any atom is 0.324 e. The molecule has 0 heterocycles. The smallest absolute Gasteiger partial charge is 0.324 e. The summed E-state index contributed by atoms with van der Waals surface area (Å²) >= 11 is 0. The normalized spacial score (nSPS) is 11.5. The number of carbonyl (C=O) groups excluding carboxylic acids is 1. The van der Waals surface area contributed by atoms with Crippen molar-refractivity contribution in [2.24, 2.45) is 0 Å². The second-order valence-corrected chi connectivity index (χ2v) is 3.70. The quantitative estimate of drug-likeness (QED) is 0.639. The lowest BCUT2D eigenvalue weighted by atomic mass is 10.1. The van der Waals surface area contributed by atoms with Gasteiger partial charge in [-0.1, -0.05) is 0 Å². The van der Waals surface area contributed by atoms with E-state index in [1.807, 2.05) is 0 Å². The third kappa shape index (κ3) is 3.73. The van der Waals surface area contributed by atoms with E-state index >= 15 is 0 Å². The van der Waals surface area contributed by atoms with Crippen molar-refractivity contribution in [1.82, 2.24) is 5.32 Å². The fourth-order valence-corrected chi connectivity index (χ4v) is 1.27. The molecule has 0 bridgehead atoms. The van der Waals surface area contributed by atoms with E-state index in [1.54, 1.807) is 5.32 Å². The van der Waals surface area contributed by atoms with Gasteiger partial charge in [-0.15, -0.1) is 0 Å². The van der Waals surface area contributed by atoms with Crippen LogP contribution in [0.15, 0.2) is 18.2 Å². The number of benzene rings is 1. The molecular weight excluding hydrogens is 268 g/mol. The average molecular weight is 280 g/mol.